The Kier molecular flexibility index (Phi) is 8.18. The van der Waals surface area contributed by atoms with E-state index in [0.29, 0.717) is 13.2 Å². The van der Waals surface area contributed by atoms with Crippen molar-refractivity contribution in [3.63, 3.8) is 0 Å². The molecule has 0 aromatic rings. The molecular weight excluding hydrogens is 134 g/mol. The van der Waals surface area contributed by atoms with E-state index in [9.17, 15) is 0 Å². The van der Waals surface area contributed by atoms with Crippen molar-refractivity contribution in [1.29, 1.82) is 0 Å². The largest absolute Gasteiger partial charge is 0.426 e. The molecule has 3 nitrogen and oxygen atoms in total. The van der Waals surface area contributed by atoms with Crippen molar-refractivity contribution in [3.05, 3.63) is 0 Å². The van der Waals surface area contributed by atoms with Crippen molar-refractivity contribution in [1.82, 2.24) is 0 Å². The summed E-state index contributed by atoms with van der Waals surface area (Å²) in [6.07, 6.45) is 0.946. The first kappa shape index (κ1) is 9.10. The molecule has 0 aliphatic heterocycles. The number of hydrogen-bond acceptors (Lipinski definition) is 3. The summed E-state index contributed by atoms with van der Waals surface area (Å²) < 4.78 is 10.0. The smallest absolute Gasteiger partial charge is 0.146 e. The minimum atomic E-state index is 0.710. The monoisotopic (exact) mass is 149 g/mol. The molecule has 0 spiro atoms. The highest BCUT2D eigenvalue weighted by Crippen LogP contribution is 1.78. The molecule has 0 atom stereocenters. The molecule has 0 amide bonds. The summed E-state index contributed by atoms with van der Waals surface area (Å²) in [5, 5.41) is 0. The first-order valence-electron chi connectivity index (χ1n) is 3.18. The molecule has 0 aliphatic carbocycles. The average Bonchev–Trinajstić information content (AvgIpc) is 1.89. The lowest BCUT2D eigenvalue weighted by Crippen LogP contribution is -2.07. The summed E-state index contributed by atoms with van der Waals surface area (Å²) >= 11 is 0. The van der Waals surface area contributed by atoms with Crippen molar-refractivity contribution in [2.24, 2.45) is 5.73 Å². The van der Waals surface area contributed by atoms with Crippen molar-refractivity contribution in [2.45, 2.75) is 6.42 Å². The van der Waals surface area contributed by atoms with Gasteiger partial charge >= 0.3 is 0 Å². The molecule has 0 bridgehead atoms. The van der Waals surface area contributed by atoms with Gasteiger partial charge in [0.15, 0.2) is 0 Å². The molecule has 0 aliphatic rings. The second-order valence-corrected chi connectivity index (χ2v) is 2.32. The second-order valence-electron chi connectivity index (χ2n) is 1.75. The molecule has 0 unspecified atom stereocenters. The van der Waals surface area contributed by atoms with Gasteiger partial charge in [0.05, 0.1) is 13.2 Å². The van der Waals surface area contributed by atoms with Crippen LogP contribution in [0.1, 0.15) is 6.42 Å². The van der Waals surface area contributed by atoms with E-state index >= 15 is 0 Å². The molecule has 0 rings (SSSR count). The highest BCUT2D eigenvalue weighted by molar-refractivity contribution is 5.97. The predicted octanol–water partition coefficient (Wildman–Crippen LogP) is -1.35. The van der Waals surface area contributed by atoms with Gasteiger partial charge in [-0.2, -0.15) is 0 Å². The quantitative estimate of drug-likeness (QED) is 0.375. The van der Waals surface area contributed by atoms with Gasteiger partial charge in [-0.05, 0) is 13.0 Å². The van der Waals surface area contributed by atoms with Crippen LogP contribution < -0.4 is 5.73 Å². The number of hydrogen-bond donors (Lipinski definition) is 1. The Hall–Kier alpha value is 0.0969. The Balaban J connectivity index is 2.60. The molecule has 0 aromatic heterocycles. The summed E-state index contributed by atoms with van der Waals surface area (Å²) in [6.45, 7) is 2.92. The fourth-order valence-electron chi connectivity index (χ4n) is 0.430. The van der Waals surface area contributed by atoms with E-state index in [-0.39, 0.29) is 0 Å². The van der Waals surface area contributed by atoms with E-state index in [1.807, 2.05) is 0 Å². The maximum atomic E-state index is 5.24. The van der Waals surface area contributed by atoms with Gasteiger partial charge in [0.1, 0.15) is 10.5 Å². The van der Waals surface area contributed by atoms with Crippen LogP contribution in [0.5, 0.6) is 0 Å². The highest BCUT2D eigenvalue weighted by Gasteiger charge is 1.84. The lowest BCUT2D eigenvalue weighted by Gasteiger charge is -2.00. The molecule has 0 aromatic carbocycles. The van der Waals surface area contributed by atoms with Gasteiger partial charge in [0.25, 0.3) is 0 Å². The van der Waals surface area contributed by atoms with Gasteiger partial charge < -0.3 is 14.9 Å². The van der Waals surface area contributed by atoms with Crippen LogP contribution in [-0.2, 0) is 9.16 Å². The molecule has 9 heavy (non-hydrogen) atoms. The molecule has 0 radical (unpaired) electrons. The minimum absolute atomic E-state index is 0.710. The van der Waals surface area contributed by atoms with Gasteiger partial charge in [0.2, 0.25) is 0 Å². The topological polar surface area (TPSA) is 44.5 Å². The van der Waals surface area contributed by atoms with E-state index in [1.165, 1.54) is 0 Å². The zero-order valence-electron chi connectivity index (χ0n) is 5.93. The van der Waals surface area contributed by atoms with E-state index in [1.54, 1.807) is 0 Å². The van der Waals surface area contributed by atoms with Crippen LogP contribution in [0, 0.1) is 0 Å². The predicted molar refractivity (Wildman–Crippen MR) is 40.4 cm³/mol. The fourth-order valence-corrected chi connectivity index (χ4v) is 0.596. The molecular formula is C5H15NO2Si. The number of ether oxygens (including phenoxy) is 1. The van der Waals surface area contributed by atoms with Gasteiger partial charge in [-0.3, -0.25) is 0 Å². The maximum Gasteiger partial charge on any atom is 0.146 e. The van der Waals surface area contributed by atoms with Crippen molar-refractivity contribution >= 4 is 10.5 Å². The summed E-state index contributed by atoms with van der Waals surface area (Å²) in [4.78, 5) is 0. The van der Waals surface area contributed by atoms with E-state index in [0.717, 1.165) is 30.1 Å². The second kappa shape index (κ2) is 8.10. The summed E-state index contributed by atoms with van der Waals surface area (Å²) in [5.41, 5.74) is 5.24. The van der Waals surface area contributed by atoms with E-state index < -0.39 is 0 Å². The molecule has 0 heterocycles. The SMILES string of the molecule is NCCCOCCO[SiH3]. The number of rotatable bonds is 6. The third kappa shape index (κ3) is 8.10. The Labute approximate surface area is 59.1 Å². The zero-order valence-corrected chi connectivity index (χ0v) is 7.93. The first-order valence-corrected chi connectivity index (χ1v) is 4.00. The average molecular weight is 149 g/mol. The van der Waals surface area contributed by atoms with Crippen LogP contribution in [0.2, 0.25) is 0 Å². The van der Waals surface area contributed by atoms with Crippen LogP contribution in [0.3, 0.4) is 0 Å². The summed E-state index contributed by atoms with van der Waals surface area (Å²) in [5.74, 6) is 0. The molecule has 0 fully saturated rings. The summed E-state index contributed by atoms with van der Waals surface area (Å²) in [6, 6.07) is 0. The Morgan fingerprint density at radius 3 is 2.56 bits per heavy atom. The van der Waals surface area contributed by atoms with Crippen LogP contribution >= 0.6 is 0 Å². The van der Waals surface area contributed by atoms with Crippen molar-refractivity contribution in [2.75, 3.05) is 26.4 Å². The van der Waals surface area contributed by atoms with Crippen molar-refractivity contribution in [3.8, 4) is 0 Å². The van der Waals surface area contributed by atoms with E-state index in [4.69, 9.17) is 14.9 Å². The molecule has 0 saturated carbocycles. The Morgan fingerprint density at radius 2 is 2.00 bits per heavy atom. The lowest BCUT2D eigenvalue weighted by molar-refractivity contribution is 0.103. The van der Waals surface area contributed by atoms with Gasteiger partial charge in [-0.25, -0.2) is 0 Å². The van der Waals surface area contributed by atoms with Crippen LogP contribution in [-0.4, -0.2) is 36.9 Å². The zero-order chi connectivity index (χ0) is 6.95. The molecule has 0 saturated heterocycles. The normalized spacial score (nSPS) is 10.3. The van der Waals surface area contributed by atoms with E-state index in [2.05, 4.69) is 0 Å². The van der Waals surface area contributed by atoms with Gasteiger partial charge in [-0.15, -0.1) is 0 Å². The molecule has 56 valence electrons. The molecule has 4 heteroatoms. The number of nitrogens with two attached hydrogens (primary N) is 1. The van der Waals surface area contributed by atoms with Gasteiger partial charge in [0, 0.05) is 6.61 Å². The maximum absolute atomic E-state index is 5.24. The van der Waals surface area contributed by atoms with Crippen LogP contribution in [0.4, 0.5) is 0 Å². The fraction of sp³-hybridized carbons (Fsp3) is 1.00. The third-order valence-electron chi connectivity index (χ3n) is 0.925. The van der Waals surface area contributed by atoms with Crippen molar-refractivity contribution < 1.29 is 9.16 Å². The lowest BCUT2D eigenvalue weighted by atomic mass is 10.5. The first-order chi connectivity index (χ1) is 4.41. The third-order valence-corrected chi connectivity index (χ3v) is 1.33. The summed E-state index contributed by atoms with van der Waals surface area (Å²) in [7, 11) is 0.804. The Morgan fingerprint density at radius 1 is 1.22 bits per heavy atom. The minimum Gasteiger partial charge on any atom is -0.426 e. The van der Waals surface area contributed by atoms with Crippen LogP contribution in [0.15, 0.2) is 0 Å². The molecule has 2 N–H and O–H groups in total. The van der Waals surface area contributed by atoms with Gasteiger partial charge in [-0.1, -0.05) is 0 Å². The Bertz CT molecular complexity index is 48.2. The highest BCUT2D eigenvalue weighted by atomic mass is 28.2. The van der Waals surface area contributed by atoms with Crippen LogP contribution in [0.25, 0.3) is 0 Å². The standard InChI is InChI=1S/C5H15NO2Si/c6-2-1-3-7-4-5-8-9/h1-6H2,9H3.